The largest absolute Gasteiger partial charge is 0.330 e. The van der Waals surface area contributed by atoms with Crippen molar-refractivity contribution in [2.24, 2.45) is 5.73 Å². The van der Waals surface area contributed by atoms with Crippen LogP contribution in [0.25, 0.3) is 0 Å². The summed E-state index contributed by atoms with van der Waals surface area (Å²) in [5, 5.41) is 0.621. The molecule has 0 aliphatic rings. The molecule has 0 spiro atoms. The first kappa shape index (κ1) is 14.4. The van der Waals surface area contributed by atoms with Gasteiger partial charge in [0, 0.05) is 17.6 Å². The molecule has 0 radical (unpaired) electrons. The summed E-state index contributed by atoms with van der Waals surface area (Å²) >= 11 is 6.11. The molecular formula is C13H20ClFN2. The number of benzene rings is 1. The van der Waals surface area contributed by atoms with Gasteiger partial charge in [-0.05, 0) is 57.1 Å². The van der Waals surface area contributed by atoms with Crippen molar-refractivity contribution in [2.45, 2.75) is 32.9 Å². The van der Waals surface area contributed by atoms with Gasteiger partial charge in [0.25, 0.3) is 0 Å². The standard InChI is InChI=1S/C13H20ClFN2/c1-9-6-12(14)11(7-13(9)15)8-17(3)10(2)4-5-16/h6-7,10H,4-5,8,16H2,1-3H3. The lowest BCUT2D eigenvalue weighted by Gasteiger charge is -2.24. The predicted molar refractivity (Wildman–Crippen MR) is 70.7 cm³/mol. The van der Waals surface area contributed by atoms with E-state index in [1.165, 1.54) is 6.07 Å². The van der Waals surface area contributed by atoms with Gasteiger partial charge in [-0.1, -0.05) is 11.6 Å². The fourth-order valence-electron chi connectivity index (χ4n) is 1.69. The second kappa shape index (κ2) is 6.34. The van der Waals surface area contributed by atoms with E-state index in [-0.39, 0.29) is 5.82 Å². The van der Waals surface area contributed by atoms with E-state index >= 15 is 0 Å². The van der Waals surface area contributed by atoms with Crippen molar-refractivity contribution in [1.82, 2.24) is 4.90 Å². The van der Waals surface area contributed by atoms with Crippen LogP contribution in [-0.4, -0.2) is 24.5 Å². The Kier molecular flexibility index (Phi) is 5.37. The number of hydrogen-bond acceptors (Lipinski definition) is 2. The monoisotopic (exact) mass is 258 g/mol. The third-order valence-electron chi connectivity index (χ3n) is 3.08. The maximum Gasteiger partial charge on any atom is 0.126 e. The molecule has 96 valence electrons. The molecule has 0 saturated heterocycles. The zero-order valence-corrected chi connectivity index (χ0v) is 11.4. The molecule has 0 amide bonds. The van der Waals surface area contributed by atoms with Crippen LogP contribution >= 0.6 is 11.6 Å². The van der Waals surface area contributed by atoms with Crippen molar-refractivity contribution in [3.8, 4) is 0 Å². The van der Waals surface area contributed by atoms with E-state index in [4.69, 9.17) is 17.3 Å². The highest BCUT2D eigenvalue weighted by atomic mass is 35.5. The topological polar surface area (TPSA) is 29.3 Å². The van der Waals surface area contributed by atoms with E-state index in [0.29, 0.717) is 29.7 Å². The Morgan fingerprint density at radius 1 is 1.47 bits per heavy atom. The van der Waals surface area contributed by atoms with Gasteiger partial charge in [-0.3, -0.25) is 4.90 Å². The van der Waals surface area contributed by atoms with Gasteiger partial charge in [-0.15, -0.1) is 0 Å². The molecule has 0 aromatic heterocycles. The molecule has 1 aromatic carbocycles. The molecule has 1 unspecified atom stereocenters. The Morgan fingerprint density at radius 2 is 2.12 bits per heavy atom. The van der Waals surface area contributed by atoms with Crippen molar-refractivity contribution in [1.29, 1.82) is 0 Å². The van der Waals surface area contributed by atoms with Crippen molar-refractivity contribution >= 4 is 11.6 Å². The summed E-state index contributed by atoms with van der Waals surface area (Å²) in [4.78, 5) is 2.13. The van der Waals surface area contributed by atoms with Crippen molar-refractivity contribution < 1.29 is 4.39 Å². The maximum absolute atomic E-state index is 13.5. The Labute approximate surface area is 108 Å². The fraction of sp³-hybridized carbons (Fsp3) is 0.538. The summed E-state index contributed by atoms with van der Waals surface area (Å²) in [7, 11) is 1.99. The molecule has 0 saturated carbocycles. The molecule has 2 N–H and O–H groups in total. The molecule has 17 heavy (non-hydrogen) atoms. The normalized spacial score (nSPS) is 13.1. The molecule has 1 atom stereocenters. The third-order valence-corrected chi connectivity index (χ3v) is 3.44. The Bertz CT molecular complexity index is 382. The first-order valence-electron chi connectivity index (χ1n) is 5.80. The zero-order chi connectivity index (χ0) is 13.0. The van der Waals surface area contributed by atoms with E-state index in [1.807, 2.05) is 7.05 Å². The van der Waals surface area contributed by atoms with Crippen LogP contribution in [0.4, 0.5) is 4.39 Å². The minimum atomic E-state index is -0.204. The molecule has 0 fully saturated rings. The Balaban J connectivity index is 2.77. The van der Waals surface area contributed by atoms with Gasteiger partial charge in [0.05, 0.1) is 0 Å². The lowest BCUT2D eigenvalue weighted by Crippen LogP contribution is -2.30. The number of nitrogens with two attached hydrogens (primary N) is 1. The number of hydrogen-bond donors (Lipinski definition) is 1. The number of aryl methyl sites for hydroxylation is 1. The zero-order valence-electron chi connectivity index (χ0n) is 10.6. The Hall–Kier alpha value is -0.640. The highest BCUT2D eigenvalue weighted by Gasteiger charge is 2.12. The van der Waals surface area contributed by atoms with Crippen LogP contribution in [0.15, 0.2) is 12.1 Å². The van der Waals surface area contributed by atoms with Crippen LogP contribution in [0.3, 0.4) is 0 Å². The van der Waals surface area contributed by atoms with Crippen LogP contribution in [0, 0.1) is 12.7 Å². The van der Waals surface area contributed by atoms with Gasteiger partial charge in [-0.25, -0.2) is 4.39 Å². The fourth-order valence-corrected chi connectivity index (χ4v) is 1.97. The minimum absolute atomic E-state index is 0.204. The van der Waals surface area contributed by atoms with E-state index in [1.54, 1.807) is 13.0 Å². The van der Waals surface area contributed by atoms with Gasteiger partial charge in [0.15, 0.2) is 0 Å². The summed E-state index contributed by atoms with van der Waals surface area (Å²) in [6, 6.07) is 3.55. The predicted octanol–water partition coefficient (Wildman–Crippen LogP) is 2.96. The summed E-state index contributed by atoms with van der Waals surface area (Å²) in [6.45, 7) is 5.11. The Morgan fingerprint density at radius 3 is 2.71 bits per heavy atom. The second-order valence-corrected chi connectivity index (χ2v) is 4.94. The first-order valence-corrected chi connectivity index (χ1v) is 6.18. The molecule has 0 heterocycles. The van der Waals surface area contributed by atoms with Gasteiger partial charge < -0.3 is 5.73 Å². The smallest absolute Gasteiger partial charge is 0.126 e. The average molecular weight is 259 g/mol. The van der Waals surface area contributed by atoms with Crippen LogP contribution in [0.5, 0.6) is 0 Å². The number of halogens is 2. The summed E-state index contributed by atoms with van der Waals surface area (Å²) in [5.74, 6) is -0.204. The lowest BCUT2D eigenvalue weighted by atomic mass is 10.1. The van der Waals surface area contributed by atoms with E-state index in [9.17, 15) is 4.39 Å². The maximum atomic E-state index is 13.5. The number of nitrogens with zero attached hydrogens (tertiary/aromatic N) is 1. The summed E-state index contributed by atoms with van der Waals surface area (Å²) in [6.07, 6.45) is 0.919. The molecule has 0 aliphatic carbocycles. The van der Waals surface area contributed by atoms with Gasteiger partial charge >= 0.3 is 0 Å². The highest BCUT2D eigenvalue weighted by Crippen LogP contribution is 2.22. The van der Waals surface area contributed by atoms with Crippen LogP contribution in [-0.2, 0) is 6.54 Å². The summed E-state index contributed by atoms with van der Waals surface area (Å²) in [5.41, 5.74) is 6.92. The second-order valence-electron chi connectivity index (χ2n) is 4.53. The van der Waals surface area contributed by atoms with Crippen molar-refractivity contribution in [3.63, 3.8) is 0 Å². The van der Waals surface area contributed by atoms with Gasteiger partial charge in [0.1, 0.15) is 5.82 Å². The first-order chi connectivity index (χ1) is 7.95. The van der Waals surface area contributed by atoms with Crippen molar-refractivity contribution in [2.75, 3.05) is 13.6 Å². The molecular weight excluding hydrogens is 239 g/mol. The van der Waals surface area contributed by atoms with Crippen molar-refractivity contribution in [3.05, 3.63) is 34.1 Å². The third kappa shape index (κ3) is 3.95. The number of rotatable bonds is 5. The van der Waals surface area contributed by atoms with E-state index in [0.717, 1.165) is 12.0 Å². The van der Waals surface area contributed by atoms with Gasteiger partial charge in [0.2, 0.25) is 0 Å². The van der Waals surface area contributed by atoms with Crippen LogP contribution in [0.1, 0.15) is 24.5 Å². The molecule has 2 nitrogen and oxygen atoms in total. The molecule has 1 aromatic rings. The van der Waals surface area contributed by atoms with Crippen LogP contribution in [0.2, 0.25) is 5.02 Å². The van der Waals surface area contributed by atoms with E-state index < -0.39 is 0 Å². The minimum Gasteiger partial charge on any atom is -0.330 e. The molecule has 0 aliphatic heterocycles. The van der Waals surface area contributed by atoms with Gasteiger partial charge in [-0.2, -0.15) is 0 Å². The molecule has 1 rings (SSSR count). The SMILES string of the molecule is Cc1cc(Cl)c(CN(C)C(C)CCN)cc1F. The average Bonchev–Trinajstić information content (AvgIpc) is 2.26. The highest BCUT2D eigenvalue weighted by molar-refractivity contribution is 6.31. The quantitative estimate of drug-likeness (QED) is 0.880. The molecule has 0 bridgehead atoms. The van der Waals surface area contributed by atoms with Crippen LogP contribution < -0.4 is 5.73 Å². The lowest BCUT2D eigenvalue weighted by molar-refractivity contribution is 0.240. The van der Waals surface area contributed by atoms with E-state index in [2.05, 4.69) is 11.8 Å². The summed E-state index contributed by atoms with van der Waals surface area (Å²) < 4.78 is 13.5. The molecule has 4 heteroatoms.